The number of anilines is 2. The molecule has 2 fully saturated rings. The zero-order valence-corrected chi connectivity index (χ0v) is 19.6. The maximum atomic E-state index is 4.89. The Balaban J connectivity index is 1.29. The lowest BCUT2D eigenvalue weighted by atomic mass is 10.3. The molecule has 10 heteroatoms. The molecule has 0 aromatic carbocycles. The lowest BCUT2D eigenvalue weighted by Crippen LogP contribution is -2.52. The van der Waals surface area contributed by atoms with E-state index >= 15 is 0 Å². The van der Waals surface area contributed by atoms with Gasteiger partial charge in [0.05, 0.1) is 5.69 Å². The van der Waals surface area contributed by atoms with Crippen molar-refractivity contribution in [3.05, 3.63) is 16.9 Å². The first-order chi connectivity index (χ1) is 14.8. The molecule has 2 aromatic rings. The summed E-state index contributed by atoms with van der Waals surface area (Å²) in [6.45, 7) is 12.0. The molecule has 1 N–H and O–H groups in total. The molecule has 0 saturated carbocycles. The van der Waals surface area contributed by atoms with Crippen molar-refractivity contribution < 1.29 is 0 Å². The van der Waals surface area contributed by atoms with Crippen molar-refractivity contribution in [2.45, 2.75) is 39.5 Å². The molecule has 30 heavy (non-hydrogen) atoms. The highest BCUT2D eigenvalue weighted by Gasteiger charge is 2.22. The van der Waals surface area contributed by atoms with Crippen LogP contribution in [0.3, 0.4) is 0 Å². The molecule has 0 radical (unpaired) electrons. The Labute approximate surface area is 187 Å². The number of nitrogens with one attached hydrogen (secondary N) is 1. The van der Waals surface area contributed by atoms with Crippen LogP contribution >= 0.6 is 22.9 Å². The highest BCUT2D eigenvalue weighted by Crippen LogP contribution is 2.24. The van der Waals surface area contributed by atoms with E-state index in [1.165, 1.54) is 29.5 Å². The Morgan fingerprint density at radius 3 is 2.50 bits per heavy atom. The van der Waals surface area contributed by atoms with Crippen LogP contribution in [0.4, 0.5) is 10.3 Å². The number of thiazole rings is 1. The van der Waals surface area contributed by atoms with Crippen LogP contribution < -0.4 is 15.1 Å². The Morgan fingerprint density at radius 2 is 1.80 bits per heavy atom. The fourth-order valence-electron chi connectivity index (χ4n) is 3.79. The minimum atomic E-state index is 0.766. The summed E-state index contributed by atoms with van der Waals surface area (Å²) in [4.78, 5) is 21.5. The quantitative estimate of drug-likeness (QED) is 0.515. The molecule has 0 aliphatic carbocycles. The molecule has 0 spiro atoms. The molecule has 2 aromatic heterocycles. The Kier molecular flexibility index (Phi) is 7.37. The lowest BCUT2D eigenvalue weighted by molar-refractivity contribution is 0.372. The van der Waals surface area contributed by atoms with Gasteiger partial charge in [0.15, 0.2) is 11.1 Å². The molecule has 164 valence electrons. The van der Waals surface area contributed by atoms with Crippen molar-refractivity contribution in [1.82, 2.24) is 24.6 Å². The molecule has 0 atom stereocenters. The average molecular weight is 449 g/mol. The number of aromatic nitrogens is 3. The summed E-state index contributed by atoms with van der Waals surface area (Å²) in [6.07, 6.45) is 4.37. The van der Waals surface area contributed by atoms with E-state index in [9.17, 15) is 0 Å². The minimum Gasteiger partial charge on any atom is -0.357 e. The van der Waals surface area contributed by atoms with E-state index in [4.69, 9.17) is 9.98 Å². The number of aliphatic imine (C=N–C) groups is 1. The van der Waals surface area contributed by atoms with Crippen LogP contribution in [-0.4, -0.2) is 77.6 Å². The normalized spacial score (nSPS) is 17.8. The molecular formula is C20H32N8S2. The van der Waals surface area contributed by atoms with E-state index in [-0.39, 0.29) is 0 Å². The van der Waals surface area contributed by atoms with Gasteiger partial charge in [-0.15, -0.1) is 11.3 Å². The summed E-state index contributed by atoms with van der Waals surface area (Å²) in [5.41, 5.74) is 1.16. The molecule has 4 heterocycles. The highest BCUT2D eigenvalue weighted by atomic mass is 32.1. The second kappa shape index (κ2) is 10.4. The molecule has 2 aliphatic rings. The second-order valence-corrected chi connectivity index (χ2v) is 9.19. The third-order valence-corrected chi connectivity index (χ3v) is 7.27. The first-order valence-electron chi connectivity index (χ1n) is 11.1. The van der Waals surface area contributed by atoms with Gasteiger partial charge < -0.3 is 20.0 Å². The molecule has 0 unspecified atom stereocenters. The van der Waals surface area contributed by atoms with Crippen molar-refractivity contribution in [3.8, 4) is 0 Å². The van der Waals surface area contributed by atoms with E-state index in [0.29, 0.717) is 0 Å². The minimum absolute atomic E-state index is 0.766. The number of piperazine rings is 1. The smallest absolute Gasteiger partial charge is 0.205 e. The summed E-state index contributed by atoms with van der Waals surface area (Å²) >= 11 is 3.28. The highest BCUT2D eigenvalue weighted by molar-refractivity contribution is 7.13. The van der Waals surface area contributed by atoms with Crippen LogP contribution in [0.25, 0.3) is 0 Å². The Bertz CT molecular complexity index is 818. The van der Waals surface area contributed by atoms with Crippen molar-refractivity contribution >= 4 is 39.1 Å². The van der Waals surface area contributed by atoms with E-state index in [1.807, 2.05) is 0 Å². The molecule has 8 nitrogen and oxygen atoms in total. The fraction of sp³-hybridized carbons (Fsp3) is 0.700. The zero-order chi connectivity index (χ0) is 20.8. The number of aryl methyl sites for hydroxylation is 1. The lowest BCUT2D eigenvalue weighted by Gasteiger charge is -2.36. The number of hydrogen-bond donors (Lipinski definition) is 1. The van der Waals surface area contributed by atoms with Gasteiger partial charge in [-0.3, -0.25) is 4.99 Å². The van der Waals surface area contributed by atoms with Crippen molar-refractivity contribution in [3.63, 3.8) is 0 Å². The van der Waals surface area contributed by atoms with Gasteiger partial charge >= 0.3 is 0 Å². The maximum absolute atomic E-state index is 4.89. The van der Waals surface area contributed by atoms with E-state index < -0.39 is 0 Å². The molecule has 0 amide bonds. The van der Waals surface area contributed by atoms with Gasteiger partial charge in [0, 0.05) is 82.1 Å². The van der Waals surface area contributed by atoms with Crippen molar-refractivity contribution in [1.29, 1.82) is 0 Å². The van der Waals surface area contributed by atoms with Crippen LogP contribution in [-0.2, 0) is 12.8 Å². The van der Waals surface area contributed by atoms with Crippen LogP contribution in [0.15, 0.2) is 10.4 Å². The standard InChI is InChI=1S/C20H32N8S2/c1-3-17-24-20(30-25-17)28-13-11-26(12-14-28)18(21-4-2)22-8-7-16-15-29-19(23-16)27-9-5-6-10-27/h15H,3-14H2,1-2H3,(H,21,22). The molecule has 2 aliphatic heterocycles. The van der Waals surface area contributed by atoms with Crippen molar-refractivity contribution in [2.75, 3.05) is 62.2 Å². The average Bonchev–Trinajstić information content (AvgIpc) is 3.54. The predicted molar refractivity (Wildman–Crippen MR) is 126 cm³/mol. The summed E-state index contributed by atoms with van der Waals surface area (Å²) in [7, 11) is 0. The molecule has 4 rings (SSSR count). The van der Waals surface area contributed by atoms with Gasteiger partial charge in [-0.1, -0.05) is 6.92 Å². The first kappa shape index (κ1) is 21.3. The second-order valence-electron chi connectivity index (χ2n) is 7.62. The summed E-state index contributed by atoms with van der Waals surface area (Å²) < 4.78 is 4.42. The van der Waals surface area contributed by atoms with Crippen LogP contribution in [0.1, 0.15) is 38.2 Å². The number of nitrogens with zero attached hydrogens (tertiary/aromatic N) is 7. The van der Waals surface area contributed by atoms with Gasteiger partial charge in [-0.2, -0.15) is 4.37 Å². The van der Waals surface area contributed by atoms with Gasteiger partial charge in [0.25, 0.3) is 0 Å². The fourth-order valence-corrected chi connectivity index (χ4v) is 5.51. The van der Waals surface area contributed by atoms with Gasteiger partial charge in [0.2, 0.25) is 5.13 Å². The van der Waals surface area contributed by atoms with E-state index in [0.717, 1.165) is 87.8 Å². The number of guanidine groups is 1. The first-order valence-corrected chi connectivity index (χ1v) is 12.7. The summed E-state index contributed by atoms with van der Waals surface area (Å²) in [5.74, 6) is 1.96. The molecule has 2 saturated heterocycles. The monoisotopic (exact) mass is 448 g/mol. The predicted octanol–water partition coefficient (Wildman–Crippen LogP) is 2.49. The molecule has 0 bridgehead atoms. The summed E-state index contributed by atoms with van der Waals surface area (Å²) in [5, 5.41) is 7.88. The third-order valence-electron chi connectivity index (χ3n) is 5.50. The third kappa shape index (κ3) is 5.21. The number of rotatable bonds is 7. The molecular weight excluding hydrogens is 416 g/mol. The Morgan fingerprint density at radius 1 is 1.03 bits per heavy atom. The van der Waals surface area contributed by atoms with Gasteiger partial charge in [-0.05, 0) is 19.8 Å². The van der Waals surface area contributed by atoms with E-state index in [1.54, 1.807) is 11.3 Å². The Hall–Kier alpha value is -1.94. The maximum Gasteiger partial charge on any atom is 0.205 e. The summed E-state index contributed by atoms with van der Waals surface area (Å²) in [6, 6.07) is 0. The van der Waals surface area contributed by atoms with Crippen LogP contribution in [0.2, 0.25) is 0 Å². The van der Waals surface area contributed by atoms with Crippen molar-refractivity contribution in [2.24, 2.45) is 4.99 Å². The van der Waals surface area contributed by atoms with Gasteiger partial charge in [-0.25, -0.2) is 9.97 Å². The SMILES string of the molecule is CCNC(=NCCc1csc(N2CCCC2)n1)N1CCN(c2nc(CC)ns2)CC1. The van der Waals surface area contributed by atoms with Gasteiger partial charge in [0.1, 0.15) is 5.82 Å². The number of hydrogen-bond acceptors (Lipinski definition) is 8. The van der Waals surface area contributed by atoms with Crippen LogP contribution in [0, 0.1) is 0 Å². The largest absolute Gasteiger partial charge is 0.357 e. The van der Waals surface area contributed by atoms with Crippen LogP contribution in [0.5, 0.6) is 0 Å². The topological polar surface area (TPSA) is 72.8 Å². The van der Waals surface area contributed by atoms with E-state index in [2.05, 4.69) is 48.6 Å². The zero-order valence-electron chi connectivity index (χ0n) is 18.0.